The molecule has 0 aliphatic heterocycles. The molecule has 17 heavy (non-hydrogen) atoms. The van der Waals surface area contributed by atoms with Crippen LogP contribution >= 0.6 is 24.0 Å². The smallest absolute Gasteiger partial charge is 0.214 e. The monoisotopic (exact) mass is 352 g/mol. The van der Waals surface area contributed by atoms with Gasteiger partial charge in [0.1, 0.15) is 5.76 Å². The van der Waals surface area contributed by atoms with Crippen molar-refractivity contribution in [2.75, 3.05) is 13.6 Å². The summed E-state index contributed by atoms with van der Waals surface area (Å²) in [6.45, 7) is 7.42. The molecule has 0 unspecified atom stereocenters. The zero-order valence-corrected chi connectivity index (χ0v) is 13.2. The molecule has 1 heterocycles. The number of aryl methyl sites for hydroxylation is 2. The number of nitrogens with one attached hydrogen (secondary N) is 2. The molecule has 0 aliphatic carbocycles. The third-order valence-corrected chi connectivity index (χ3v) is 2.25. The number of rotatable bonds is 4. The van der Waals surface area contributed by atoms with Gasteiger partial charge in [0, 0.05) is 13.6 Å². The highest BCUT2D eigenvalue weighted by atomic mass is 127. The third-order valence-electron chi connectivity index (χ3n) is 2.25. The lowest BCUT2D eigenvalue weighted by Gasteiger charge is -2.08. The Kier molecular flexibility index (Phi) is 7.94. The molecule has 0 aliphatic rings. The molecule has 0 radical (unpaired) electrons. The van der Waals surface area contributed by atoms with E-state index >= 15 is 0 Å². The lowest BCUT2D eigenvalue weighted by Crippen LogP contribution is -2.37. The summed E-state index contributed by atoms with van der Waals surface area (Å²) in [6, 6.07) is 0. The molecule has 2 N–H and O–H groups in total. The molecule has 1 rings (SSSR count). The van der Waals surface area contributed by atoms with Gasteiger partial charge in [-0.2, -0.15) is 0 Å². The van der Waals surface area contributed by atoms with Crippen molar-refractivity contribution < 1.29 is 4.42 Å². The number of nitrogens with zero attached hydrogens (tertiary/aromatic N) is 2. The fraction of sp³-hybridized carbons (Fsp3) is 0.636. The van der Waals surface area contributed by atoms with E-state index in [4.69, 9.17) is 4.42 Å². The first-order valence-electron chi connectivity index (χ1n) is 5.54. The fourth-order valence-electron chi connectivity index (χ4n) is 1.24. The van der Waals surface area contributed by atoms with Gasteiger partial charge in [0.15, 0.2) is 5.96 Å². The molecule has 98 valence electrons. The van der Waals surface area contributed by atoms with Gasteiger partial charge in [0.05, 0.1) is 12.2 Å². The molecule has 1 aromatic heterocycles. The molecule has 1 aromatic rings. The lowest BCUT2D eigenvalue weighted by molar-refractivity contribution is 0.463. The Balaban J connectivity index is 0.00000256. The first kappa shape index (κ1) is 16.2. The maximum atomic E-state index is 5.46. The van der Waals surface area contributed by atoms with Crippen LogP contribution in [0.5, 0.6) is 0 Å². The van der Waals surface area contributed by atoms with Gasteiger partial charge in [0.2, 0.25) is 5.89 Å². The van der Waals surface area contributed by atoms with Crippen molar-refractivity contribution >= 4 is 29.9 Å². The Morgan fingerprint density at radius 3 is 2.53 bits per heavy atom. The number of oxazole rings is 1. The standard InChI is InChI=1S/C11H20N4O.HI/c1-5-6-13-11(12-4)14-7-10-15-8(2)9(3)16-10;/h5-7H2,1-4H3,(H2,12,13,14);1H. The van der Waals surface area contributed by atoms with Gasteiger partial charge in [-0.3, -0.25) is 4.99 Å². The molecule has 0 amide bonds. The van der Waals surface area contributed by atoms with E-state index in [0.29, 0.717) is 12.4 Å². The van der Waals surface area contributed by atoms with Gasteiger partial charge in [-0.25, -0.2) is 4.98 Å². The minimum Gasteiger partial charge on any atom is -0.444 e. The normalized spacial score (nSPS) is 10.9. The number of hydrogen-bond donors (Lipinski definition) is 2. The highest BCUT2D eigenvalue weighted by molar-refractivity contribution is 14.0. The van der Waals surface area contributed by atoms with Crippen LogP contribution in [0.1, 0.15) is 30.7 Å². The summed E-state index contributed by atoms with van der Waals surface area (Å²) in [4.78, 5) is 8.38. The number of aliphatic imine (C=N–C) groups is 1. The Morgan fingerprint density at radius 1 is 1.35 bits per heavy atom. The van der Waals surface area contributed by atoms with Crippen molar-refractivity contribution in [2.45, 2.75) is 33.7 Å². The van der Waals surface area contributed by atoms with Gasteiger partial charge in [-0.05, 0) is 20.3 Å². The first-order chi connectivity index (χ1) is 7.67. The lowest BCUT2D eigenvalue weighted by atomic mass is 10.4. The van der Waals surface area contributed by atoms with Crippen LogP contribution in [0.15, 0.2) is 9.41 Å². The minimum absolute atomic E-state index is 0. The largest absolute Gasteiger partial charge is 0.444 e. The Bertz CT molecular complexity index is 343. The summed E-state index contributed by atoms with van der Waals surface area (Å²) in [5.74, 6) is 2.33. The van der Waals surface area contributed by atoms with E-state index in [-0.39, 0.29) is 24.0 Å². The van der Waals surface area contributed by atoms with Crippen LogP contribution < -0.4 is 10.6 Å². The quantitative estimate of drug-likeness (QED) is 0.494. The van der Waals surface area contributed by atoms with Crippen LogP contribution in [0.2, 0.25) is 0 Å². The molecule has 0 atom stereocenters. The van der Waals surface area contributed by atoms with Gasteiger partial charge in [-0.15, -0.1) is 24.0 Å². The van der Waals surface area contributed by atoms with E-state index in [2.05, 4.69) is 27.5 Å². The SMILES string of the molecule is CCCNC(=NC)NCc1nc(C)c(C)o1.I. The van der Waals surface area contributed by atoms with E-state index < -0.39 is 0 Å². The predicted molar refractivity (Wildman–Crippen MR) is 79.9 cm³/mol. The minimum atomic E-state index is 0. The van der Waals surface area contributed by atoms with E-state index in [9.17, 15) is 0 Å². The van der Waals surface area contributed by atoms with Crippen LogP contribution in [-0.4, -0.2) is 24.5 Å². The summed E-state index contributed by atoms with van der Waals surface area (Å²) in [5.41, 5.74) is 0.938. The number of aromatic nitrogens is 1. The van der Waals surface area contributed by atoms with Crippen molar-refractivity contribution in [1.82, 2.24) is 15.6 Å². The van der Waals surface area contributed by atoms with Crippen LogP contribution in [0.25, 0.3) is 0 Å². The molecule has 0 bridgehead atoms. The topological polar surface area (TPSA) is 62.5 Å². The van der Waals surface area contributed by atoms with Crippen molar-refractivity contribution in [1.29, 1.82) is 0 Å². The Labute approximate surface area is 120 Å². The molecular weight excluding hydrogens is 331 g/mol. The van der Waals surface area contributed by atoms with Crippen molar-refractivity contribution in [2.24, 2.45) is 4.99 Å². The highest BCUT2D eigenvalue weighted by Gasteiger charge is 2.05. The number of guanidine groups is 1. The molecular formula is C11H21IN4O. The van der Waals surface area contributed by atoms with Crippen molar-refractivity contribution in [3.8, 4) is 0 Å². The van der Waals surface area contributed by atoms with Gasteiger partial charge in [-0.1, -0.05) is 6.92 Å². The van der Waals surface area contributed by atoms with Crippen LogP contribution in [0.3, 0.4) is 0 Å². The number of hydrogen-bond acceptors (Lipinski definition) is 3. The molecule has 5 nitrogen and oxygen atoms in total. The second kappa shape index (κ2) is 8.32. The van der Waals surface area contributed by atoms with Crippen LogP contribution in [0.4, 0.5) is 0 Å². The third kappa shape index (κ3) is 5.38. The van der Waals surface area contributed by atoms with E-state index in [1.165, 1.54) is 0 Å². The van der Waals surface area contributed by atoms with Gasteiger partial charge >= 0.3 is 0 Å². The first-order valence-corrected chi connectivity index (χ1v) is 5.54. The molecule has 0 fully saturated rings. The second-order valence-corrected chi connectivity index (χ2v) is 3.60. The summed E-state index contributed by atoms with van der Waals surface area (Å²) in [7, 11) is 1.75. The fourth-order valence-corrected chi connectivity index (χ4v) is 1.24. The van der Waals surface area contributed by atoms with E-state index in [1.807, 2.05) is 13.8 Å². The highest BCUT2D eigenvalue weighted by Crippen LogP contribution is 2.07. The van der Waals surface area contributed by atoms with Crippen molar-refractivity contribution in [3.05, 3.63) is 17.3 Å². The maximum absolute atomic E-state index is 5.46. The summed E-state index contributed by atoms with van der Waals surface area (Å²) >= 11 is 0. The summed E-state index contributed by atoms with van der Waals surface area (Å²) < 4.78 is 5.46. The molecule has 0 spiro atoms. The zero-order valence-electron chi connectivity index (χ0n) is 10.8. The molecule has 0 aromatic carbocycles. The summed E-state index contributed by atoms with van der Waals surface area (Å²) in [5, 5.41) is 6.32. The average molecular weight is 352 g/mol. The molecule has 6 heteroatoms. The van der Waals surface area contributed by atoms with Gasteiger partial charge < -0.3 is 15.1 Å². The van der Waals surface area contributed by atoms with Crippen LogP contribution in [0, 0.1) is 13.8 Å². The molecule has 0 saturated carbocycles. The van der Waals surface area contributed by atoms with E-state index in [0.717, 1.165) is 30.4 Å². The number of halogens is 1. The predicted octanol–water partition coefficient (Wildman–Crippen LogP) is 1.98. The average Bonchev–Trinajstić information content (AvgIpc) is 2.59. The maximum Gasteiger partial charge on any atom is 0.214 e. The van der Waals surface area contributed by atoms with Gasteiger partial charge in [0.25, 0.3) is 0 Å². The summed E-state index contributed by atoms with van der Waals surface area (Å²) in [6.07, 6.45) is 1.07. The van der Waals surface area contributed by atoms with Crippen molar-refractivity contribution in [3.63, 3.8) is 0 Å². The molecule has 0 saturated heterocycles. The second-order valence-electron chi connectivity index (χ2n) is 3.60. The zero-order chi connectivity index (χ0) is 12.0. The Hall–Kier alpha value is -0.790. The Morgan fingerprint density at radius 2 is 2.06 bits per heavy atom. The van der Waals surface area contributed by atoms with E-state index in [1.54, 1.807) is 7.05 Å². The van der Waals surface area contributed by atoms with Crippen LogP contribution in [-0.2, 0) is 6.54 Å².